The van der Waals surface area contributed by atoms with Crippen LogP contribution in [0.5, 0.6) is 0 Å². The molecule has 2 rings (SSSR count). The standard InChI is InChI=1S/C15H13FN2O3/c1-21-15(20)10-5-6-12(16)13(8-10)18-14(19)9-3-2-4-11(17)7-9/h2-8H,17H2,1H3,(H,18,19). The normalized spacial score (nSPS) is 10.0. The number of carbonyl (C=O) groups is 2. The van der Waals surface area contributed by atoms with Crippen molar-refractivity contribution in [3.8, 4) is 0 Å². The van der Waals surface area contributed by atoms with E-state index in [2.05, 4.69) is 10.1 Å². The van der Waals surface area contributed by atoms with Gasteiger partial charge in [-0.1, -0.05) is 6.07 Å². The second-order valence-electron chi connectivity index (χ2n) is 4.27. The molecule has 3 N–H and O–H groups in total. The average Bonchev–Trinajstić information content (AvgIpc) is 2.48. The molecule has 0 spiro atoms. The van der Waals surface area contributed by atoms with Gasteiger partial charge in [0.2, 0.25) is 0 Å². The number of halogens is 1. The summed E-state index contributed by atoms with van der Waals surface area (Å²) in [5.41, 5.74) is 6.33. The number of carbonyl (C=O) groups excluding carboxylic acids is 2. The topological polar surface area (TPSA) is 81.4 Å². The van der Waals surface area contributed by atoms with Gasteiger partial charge in [-0.15, -0.1) is 0 Å². The van der Waals surface area contributed by atoms with Crippen LogP contribution in [-0.2, 0) is 4.74 Å². The number of rotatable bonds is 3. The first-order valence-corrected chi connectivity index (χ1v) is 6.06. The van der Waals surface area contributed by atoms with Crippen molar-refractivity contribution < 1.29 is 18.7 Å². The van der Waals surface area contributed by atoms with Gasteiger partial charge in [0, 0.05) is 11.3 Å². The molecule has 0 unspecified atom stereocenters. The van der Waals surface area contributed by atoms with Crippen molar-refractivity contribution in [1.82, 2.24) is 0 Å². The van der Waals surface area contributed by atoms with Crippen LogP contribution in [0.15, 0.2) is 42.5 Å². The lowest BCUT2D eigenvalue weighted by Gasteiger charge is -2.08. The van der Waals surface area contributed by atoms with Crippen LogP contribution in [0.2, 0.25) is 0 Å². The summed E-state index contributed by atoms with van der Waals surface area (Å²) in [5, 5.41) is 2.40. The number of anilines is 2. The van der Waals surface area contributed by atoms with Crippen LogP contribution in [0.25, 0.3) is 0 Å². The molecule has 0 saturated heterocycles. The number of esters is 1. The Labute approximate surface area is 120 Å². The van der Waals surface area contributed by atoms with E-state index in [1.807, 2.05) is 0 Å². The van der Waals surface area contributed by atoms with Crippen molar-refractivity contribution in [2.45, 2.75) is 0 Å². The highest BCUT2D eigenvalue weighted by molar-refractivity contribution is 6.05. The first-order valence-electron chi connectivity index (χ1n) is 6.06. The molecule has 0 atom stereocenters. The summed E-state index contributed by atoms with van der Waals surface area (Å²) in [6, 6.07) is 9.84. The fourth-order valence-electron chi connectivity index (χ4n) is 1.74. The molecule has 0 bridgehead atoms. The van der Waals surface area contributed by atoms with Gasteiger partial charge in [0.15, 0.2) is 0 Å². The Kier molecular flexibility index (Phi) is 4.18. The van der Waals surface area contributed by atoms with E-state index in [9.17, 15) is 14.0 Å². The highest BCUT2D eigenvalue weighted by Gasteiger charge is 2.13. The van der Waals surface area contributed by atoms with Gasteiger partial charge in [-0.3, -0.25) is 4.79 Å². The summed E-state index contributed by atoms with van der Waals surface area (Å²) in [6.07, 6.45) is 0. The van der Waals surface area contributed by atoms with Crippen LogP contribution in [0.1, 0.15) is 20.7 Å². The minimum atomic E-state index is -0.653. The smallest absolute Gasteiger partial charge is 0.337 e. The lowest BCUT2D eigenvalue weighted by Crippen LogP contribution is -2.14. The minimum Gasteiger partial charge on any atom is -0.465 e. The Morgan fingerprint density at radius 3 is 2.57 bits per heavy atom. The zero-order valence-corrected chi connectivity index (χ0v) is 11.2. The van der Waals surface area contributed by atoms with Crippen molar-refractivity contribution in [3.05, 3.63) is 59.4 Å². The number of methoxy groups -OCH3 is 1. The molecule has 0 heterocycles. The quantitative estimate of drug-likeness (QED) is 0.671. The van der Waals surface area contributed by atoms with Gasteiger partial charge in [-0.25, -0.2) is 9.18 Å². The molecule has 0 radical (unpaired) electrons. The fraction of sp³-hybridized carbons (Fsp3) is 0.0667. The van der Waals surface area contributed by atoms with E-state index in [0.29, 0.717) is 5.69 Å². The number of ether oxygens (including phenoxy) is 1. The Morgan fingerprint density at radius 2 is 1.90 bits per heavy atom. The Balaban J connectivity index is 2.26. The van der Waals surface area contributed by atoms with Gasteiger partial charge in [-0.2, -0.15) is 0 Å². The molecule has 0 aliphatic carbocycles. The second kappa shape index (κ2) is 6.04. The van der Waals surface area contributed by atoms with Crippen LogP contribution in [0.4, 0.5) is 15.8 Å². The molecule has 21 heavy (non-hydrogen) atoms. The molecule has 2 aromatic carbocycles. The van der Waals surface area contributed by atoms with E-state index in [1.165, 1.54) is 25.3 Å². The van der Waals surface area contributed by atoms with E-state index in [0.717, 1.165) is 6.07 Å². The maximum absolute atomic E-state index is 13.7. The lowest BCUT2D eigenvalue weighted by atomic mass is 10.1. The van der Waals surface area contributed by atoms with E-state index in [-0.39, 0.29) is 16.8 Å². The van der Waals surface area contributed by atoms with Crippen LogP contribution in [-0.4, -0.2) is 19.0 Å². The predicted octanol–water partition coefficient (Wildman–Crippen LogP) is 2.45. The van der Waals surface area contributed by atoms with Gasteiger partial charge < -0.3 is 15.8 Å². The van der Waals surface area contributed by atoms with Gasteiger partial charge >= 0.3 is 5.97 Å². The van der Waals surface area contributed by atoms with Crippen molar-refractivity contribution in [2.24, 2.45) is 0 Å². The van der Waals surface area contributed by atoms with Gasteiger partial charge in [0.05, 0.1) is 18.4 Å². The number of nitrogens with one attached hydrogen (secondary N) is 1. The highest BCUT2D eigenvalue weighted by atomic mass is 19.1. The molecule has 6 heteroatoms. The van der Waals surface area contributed by atoms with Crippen molar-refractivity contribution >= 4 is 23.3 Å². The summed E-state index contributed by atoms with van der Waals surface area (Å²) in [7, 11) is 1.22. The monoisotopic (exact) mass is 288 g/mol. The molecule has 1 amide bonds. The molecule has 5 nitrogen and oxygen atoms in total. The van der Waals surface area contributed by atoms with E-state index >= 15 is 0 Å². The van der Waals surface area contributed by atoms with Gasteiger partial charge in [0.25, 0.3) is 5.91 Å². The molecule has 0 aliphatic rings. The zero-order valence-electron chi connectivity index (χ0n) is 11.2. The van der Waals surface area contributed by atoms with Crippen molar-refractivity contribution in [2.75, 3.05) is 18.2 Å². The first-order chi connectivity index (χ1) is 10.0. The van der Waals surface area contributed by atoms with Crippen molar-refractivity contribution in [1.29, 1.82) is 0 Å². The summed E-state index contributed by atoms with van der Waals surface area (Å²) in [5.74, 6) is -1.79. The molecular weight excluding hydrogens is 275 g/mol. The first kappa shape index (κ1) is 14.5. The molecule has 0 aromatic heterocycles. The summed E-state index contributed by atoms with van der Waals surface area (Å²) < 4.78 is 18.2. The Morgan fingerprint density at radius 1 is 1.14 bits per heavy atom. The molecular formula is C15H13FN2O3. The maximum atomic E-state index is 13.7. The SMILES string of the molecule is COC(=O)c1ccc(F)c(NC(=O)c2cccc(N)c2)c1. The molecule has 108 valence electrons. The van der Waals surface area contributed by atoms with Crippen LogP contribution in [0.3, 0.4) is 0 Å². The second-order valence-corrected chi connectivity index (χ2v) is 4.27. The van der Waals surface area contributed by atoms with Gasteiger partial charge in [0.1, 0.15) is 5.82 Å². The molecule has 2 aromatic rings. The third-order valence-corrected chi connectivity index (χ3v) is 2.78. The lowest BCUT2D eigenvalue weighted by molar-refractivity contribution is 0.0600. The molecule has 0 aliphatic heterocycles. The van der Waals surface area contributed by atoms with E-state index in [4.69, 9.17) is 5.73 Å². The van der Waals surface area contributed by atoms with Crippen LogP contribution < -0.4 is 11.1 Å². The number of hydrogen-bond acceptors (Lipinski definition) is 4. The molecule has 0 fully saturated rings. The number of nitrogens with two attached hydrogens (primary N) is 1. The van der Waals surface area contributed by atoms with Gasteiger partial charge in [-0.05, 0) is 36.4 Å². The van der Waals surface area contributed by atoms with Crippen LogP contribution in [0, 0.1) is 5.82 Å². The summed E-state index contributed by atoms with van der Waals surface area (Å²) >= 11 is 0. The number of nitrogen functional groups attached to an aromatic ring is 1. The zero-order chi connectivity index (χ0) is 15.4. The maximum Gasteiger partial charge on any atom is 0.337 e. The average molecular weight is 288 g/mol. The highest BCUT2D eigenvalue weighted by Crippen LogP contribution is 2.18. The fourth-order valence-corrected chi connectivity index (χ4v) is 1.74. The molecule has 0 saturated carbocycles. The van der Waals surface area contributed by atoms with Crippen LogP contribution >= 0.6 is 0 Å². The minimum absolute atomic E-state index is 0.106. The Bertz CT molecular complexity index is 701. The number of benzene rings is 2. The summed E-state index contributed by atoms with van der Waals surface area (Å²) in [4.78, 5) is 23.4. The number of hydrogen-bond donors (Lipinski definition) is 2. The number of amides is 1. The predicted molar refractivity (Wildman–Crippen MR) is 76.5 cm³/mol. The third-order valence-electron chi connectivity index (χ3n) is 2.78. The van der Waals surface area contributed by atoms with Crippen molar-refractivity contribution in [3.63, 3.8) is 0 Å². The van der Waals surface area contributed by atoms with E-state index in [1.54, 1.807) is 18.2 Å². The third kappa shape index (κ3) is 3.36. The Hall–Kier alpha value is -2.89. The summed E-state index contributed by atoms with van der Waals surface area (Å²) in [6.45, 7) is 0. The van der Waals surface area contributed by atoms with E-state index < -0.39 is 17.7 Å². The largest absolute Gasteiger partial charge is 0.465 e.